The van der Waals surface area contributed by atoms with Crippen LogP contribution in [0.25, 0.3) is 22.3 Å². The number of nitrogens with zero attached hydrogens (tertiary/aromatic N) is 4. The van der Waals surface area contributed by atoms with E-state index in [1.54, 1.807) is 24.3 Å². The average Bonchev–Trinajstić information content (AvgIpc) is 3.24. The van der Waals surface area contributed by atoms with Gasteiger partial charge in [0.05, 0.1) is 16.3 Å². The van der Waals surface area contributed by atoms with E-state index in [0.29, 0.717) is 18.4 Å². The number of nitrogens with one attached hydrogen (secondary N) is 2. The van der Waals surface area contributed by atoms with E-state index in [2.05, 4.69) is 26.6 Å². The summed E-state index contributed by atoms with van der Waals surface area (Å²) < 4.78 is 29.5. The minimum absolute atomic E-state index is 0.0594. The summed E-state index contributed by atoms with van der Waals surface area (Å²) in [6.07, 6.45) is 10.1. The van der Waals surface area contributed by atoms with Crippen molar-refractivity contribution in [2.24, 2.45) is 0 Å². The van der Waals surface area contributed by atoms with E-state index >= 15 is 0 Å². The molecule has 1 fully saturated rings. The smallest absolute Gasteiger partial charge is 0.240 e. The molecule has 10 heteroatoms. The summed E-state index contributed by atoms with van der Waals surface area (Å²) in [5.74, 6) is 0.611. The van der Waals surface area contributed by atoms with E-state index in [4.69, 9.17) is 15.2 Å². The fourth-order valence-electron chi connectivity index (χ4n) is 4.34. The molecule has 1 aliphatic rings. The highest BCUT2D eigenvalue weighted by atomic mass is 32.2. The van der Waals surface area contributed by atoms with Gasteiger partial charge in [-0.2, -0.15) is 10.1 Å². The van der Waals surface area contributed by atoms with Gasteiger partial charge < -0.3 is 10.4 Å². The lowest BCUT2D eigenvalue weighted by Gasteiger charge is -2.22. The van der Waals surface area contributed by atoms with E-state index in [1.165, 1.54) is 19.3 Å². The molecule has 1 aromatic carbocycles. The summed E-state index contributed by atoms with van der Waals surface area (Å²) in [4.78, 5) is 9.52. The Morgan fingerprint density at radius 1 is 1.09 bits per heavy atom. The molecular formula is C24H34N6O3S. The number of aromatic nitrogens is 4. The van der Waals surface area contributed by atoms with Crippen LogP contribution in [0.15, 0.2) is 35.4 Å². The molecule has 3 N–H and O–H groups in total. The van der Waals surface area contributed by atoms with Crippen molar-refractivity contribution in [1.29, 1.82) is 0 Å². The second-order valence-corrected chi connectivity index (χ2v) is 10.6. The van der Waals surface area contributed by atoms with Gasteiger partial charge in [-0.3, -0.25) is 0 Å². The molecular weight excluding hydrogens is 452 g/mol. The average molecular weight is 487 g/mol. The van der Waals surface area contributed by atoms with Crippen LogP contribution in [0.2, 0.25) is 0 Å². The molecule has 0 radical (unpaired) electrons. The Bertz CT molecular complexity index is 1190. The highest BCUT2D eigenvalue weighted by molar-refractivity contribution is 7.89. The second-order valence-electron chi connectivity index (χ2n) is 8.80. The van der Waals surface area contributed by atoms with E-state index < -0.39 is 10.0 Å². The Hall–Kier alpha value is -2.56. The van der Waals surface area contributed by atoms with Gasteiger partial charge in [-0.25, -0.2) is 22.8 Å². The first-order chi connectivity index (χ1) is 16.5. The third-order valence-electron chi connectivity index (χ3n) is 6.25. The molecule has 0 unspecified atom stereocenters. The van der Waals surface area contributed by atoms with Gasteiger partial charge in [0.15, 0.2) is 5.65 Å². The maximum atomic E-state index is 12.5. The van der Waals surface area contributed by atoms with Gasteiger partial charge in [0.2, 0.25) is 16.0 Å². The summed E-state index contributed by atoms with van der Waals surface area (Å²) in [5, 5.41) is 18.0. The van der Waals surface area contributed by atoms with Crippen molar-refractivity contribution in [3.05, 3.63) is 30.5 Å². The first-order valence-electron chi connectivity index (χ1n) is 12.2. The highest BCUT2D eigenvalue weighted by Crippen LogP contribution is 2.34. The van der Waals surface area contributed by atoms with Gasteiger partial charge in [0, 0.05) is 31.5 Å². The van der Waals surface area contributed by atoms with Crippen LogP contribution < -0.4 is 10.0 Å². The molecule has 2 aromatic heterocycles. The minimum Gasteiger partial charge on any atom is -0.396 e. The van der Waals surface area contributed by atoms with Gasteiger partial charge in [0.1, 0.15) is 5.69 Å². The number of hydrogen-bond donors (Lipinski definition) is 3. The summed E-state index contributed by atoms with van der Waals surface area (Å²) in [6.45, 7) is 3.12. The SMILES string of the molecule is CCCCNc1ncc2c(-c3ccc(S(=O)(=O)NCCCO)cc3)nn(C3CCCCC3)c2n1. The number of anilines is 1. The van der Waals surface area contributed by atoms with Crippen LogP contribution in [0.5, 0.6) is 0 Å². The van der Waals surface area contributed by atoms with Crippen molar-refractivity contribution in [3.63, 3.8) is 0 Å². The summed E-state index contributed by atoms with van der Waals surface area (Å²) in [7, 11) is -3.62. The van der Waals surface area contributed by atoms with Crippen LogP contribution in [0, 0.1) is 0 Å². The molecule has 0 saturated heterocycles. The maximum Gasteiger partial charge on any atom is 0.240 e. The zero-order valence-corrected chi connectivity index (χ0v) is 20.5. The van der Waals surface area contributed by atoms with Gasteiger partial charge in [-0.05, 0) is 37.8 Å². The molecule has 0 amide bonds. The number of unbranched alkanes of at least 4 members (excludes halogenated alkanes) is 1. The molecule has 1 saturated carbocycles. The van der Waals surface area contributed by atoms with Crippen molar-refractivity contribution in [2.45, 2.75) is 69.2 Å². The quantitative estimate of drug-likeness (QED) is 0.352. The number of hydrogen-bond acceptors (Lipinski definition) is 7. The number of aliphatic hydroxyl groups excluding tert-OH is 1. The molecule has 3 aromatic rings. The van der Waals surface area contributed by atoms with Crippen molar-refractivity contribution in [3.8, 4) is 11.3 Å². The Balaban J connectivity index is 1.67. The Morgan fingerprint density at radius 2 is 1.85 bits per heavy atom. The molecule has 0 aliphatic heterocycles. The normalized spacial score (nSPS) is 15.1. The molecule has 0 atom stereocenters. The van der Waals surface area contributed by atoms with Crippen LogP contribution in [-0.2, 0) is 10.0 Å². The fourth-order valence-corrected chi connectivity index (χ4v) is 5.41. The number of sulfonamides is 1. The standard InChI is InChI=1S/C24H34N6O3S/c1-2-3-14-25-24-26-17-21-22(29-30(23(21)28-24)19-8-5-4-6-9-19)18-10-12-20(13-11-18)34(32,33)27-15-7-16-31/h10-13,17,19,27,31H,2-9,14-16H2,1H3,(H,25,26,28). The summed E-state index contributed by atoms with van der Waals surface area (Å²) in [5.41, 5.74) is 2.40. The first kappa shape index (κ1) is 24.6. The number of fused-ring (bicyclic) bond motifs is 1. The van der Waals surface area contributed by atoms with Crippen LogP contribution in [0.4, 0.5) is 5.95 Å². The number of aliphatic hydroxyl groups is 1. The van der Waals surface area contributed by atoms with E-state index in [0.717, 1.165) is 54.5 Å². The van der Waals surface area contributed by atoms with Gasteiger partial charge in [0.25, 0.3) is 0 Å². The number of rotatable bonds is 11. The second kappa shape index (κ2) is 11.2. The summed E-state index contributed by atoms with van der Waals surface area (Å²) in [6, 6.07) is 7.04. The Labute approximate surface area is 201 Å². The largest absolute Gasteiger partial charge is 0.396 e. The lowest BCUT2D eigenvalue weighted by molar-refractivity contribution is 0.289. The molecule has 2 heterocycles. The third kappa shape index (κ3) is 5.56. The van der Waals surface area contributed by atoms with Crippen molar-refractivity contribution < 1.29 is 13.5 Å². The molecule has 0 bridgehead atoms. The maximum absolute atomic E-state index is 12.5. The monoisotopic (exact) mass is 486 g/mol. The zero-order valence-electron chi connectivity index (χ0n) is 19.7. The van der Waals surface area contributed by atoms with Gasteiger partial charge >= 0.3 is 0 Å². The Kier molecular flexibility index (Phi) is 8.12. The summed E-state index contributed by atoms with van der Waals surface area (Å²) >= 11 is 0. The number of benzene rings is 1. The minimum atomic E-state index is -3.62. The molecule has 34 heavy (non-hydrogen) atoms. The van der Waals surface area contributed by atoms with Gasteiger partial charge in [-0.1, -0.05) is 44.7 Å². The Morgan fingerprint density at radius 3 is 2.56 bits per heavy atom. The fraction of sp³-hybridized carbons (Fsp3) is 0.542. The van der Waals surface area contributed by atoms with Crippen molar-refractivity contribution in [1.82, 2.24) is 24.5 Å². The lowest BCUT2D eigenvalue weighted by atomic mass is 9.96. The zero-order chi connectivity index (χ0) is 24.0. The van der Waals surface area contributed by atoms with E-state index in [1.807, 2.05) is 6.20 Å². The molecule has 4 rings (SSSR count). The van der Waals surface area contributed by atoms with Crippen molar-refractivity contribution in [2.75, 3.05) is 25.0 Å². The third-order valence-corrected chi connectivity index (χ3v) is 7.72. The van der Waals surface area contributed by atoms with Crippen molar-refractivity contribution >= 4 is 27.0 Å². The van der Waals surface area contributed by atoms with E-state index in [-0.39, 0.29) is 18.0 Å². The predicted molar refractivity (Wildman–Crippen MR) is 133 cm³/mol. The molecule has 0 spiro atoms. The van der Waals surface area contributed by atoms with Crippen LogP contribution >= 0.6 is 0 Å². The van der Waals surface area contributed by atoms with E-state index in [9.17, 15) is 8.42 Å². The van der Waals surface area contributed by atoms with Crippen LogP contribution in [-0.4, -0.2) is 53.0 Å². The van der Waals surface area contributed by atoms with Gasteiger partial charge in [-0.15, -0.1) is 0 Å². The van der Waals surface area contributed by atoms with Crippen LogP contribution in [0.3, 0.4) is 0 Å². The lowest BCUT2D eigenvalue weighted by Crippen LogP contribution is -2.25. The molecule has 9 nitrogen and oxygen atoms in total. The van der Waals surface area contributed by atoms with Crippen LogP contribution in [0.1, 0.15) is 64.3 Å². The predicted octanol–water partition coefficient (Wildman–Crippen LogP) is 3.87. The first-order valence-corrected chi connectivity index (χ1v) is 13.7. The molecule has 184 valence electrons. The molecule has 1 aliphatic carbocycles. The topological polar surface area (TPSA) is 122 Å². The highest BCUT2D eigenvalue weighted by Gasteiger charge is 2.23.